The van der Waals surface area contributed by atoms with Crippen LogP contribution in [0.1, 0.15) is 23.2 Å². The molecule has 1 unspecified atom stereocenters. The predicted octanol–water partition coefficient (Wildman–Crippen LogP) is 2.70. The third-order valence-electron chi connectivity index (χ3n) is 4.68. The van der Waals surface area contributed by atoms with Crippen LogP contribution in [0.25, 0.3) is 0 Å². The largest absolute Gasteiger partial charge is 0.349 e. The van der Waals surface area contributed by atoms with Crippen molar-refractivity contribution >= 4 is 38.9 Å². The molecule has 1 saturated heterocycles. The average molecular weight is 434 g/mol. The lowest BCUT2D eigenvalue weighted by molar-refractivity contribution is -0.120. The van der Waals surface area contributed by atoms with Gasteiger partial charge in [0.1, 0.15) is 4.21 Å². The third kappa shape index (κ3) is 4.92. The van der Waals surface area contributed by atoms with E-state index in [-0.39, 0.29) is 22.6 Å². The first-order valence-corrected chi connectivity index (χ1v) is 11.6. The number of hydrogen-bond acceptors (Lipinski definition) is 5. The third-order valence-corrected chi connectivity index (χ3v) is 7.92. The zero-order chi connectivity index (χ0) is 20.9. The maximum Gasteiger partial charge on any atom is 0.253 e. The molecule has 1 aromatic carbocycles. The molecule has 2 aromatic rings. The first-order valence-electron chi connectivity index (χ1n) is 9.26. The highest BCUT2D eigenvalue weighted by Gasteiger charge is 2.34. The molecule has 0 radical (unpaired) electrons. The van der Waals surface area contributed by atoms with E-state index in [2.05, 4.69) is 17.2 Å². The predicted molar refractivity (Wildman–Crippen MR) is 113 cm³/mol. The van der Waals surface area contributed by atoms with E-state index < -0.39 is 15.9 Å². The van der Waals surface area contributed by atoms with Gasteiger partial charge in [-0.15, -0.1) is 17.9 Å². The average Bonchev–Trinajstić information content (AvgIpc) is 3.28. The van der Waals surface area contributed by atoms with Gasteiger partial charge in [-0.25, -0.2) is 8.42 Å². The fraction of sp³-hybridized carbons (Fsp3) is 0.300. The maximum atomic E-state index is 12.8. The van der Waals surface area contributed by atoms with Crippen molar-refractivity contribution in [1.82, 2.24) is 9.62 Å². The van der Waals surface area contributed by atoms with Gasteiger partial charge < -0.3 is 10.6 Å². The Morgan fingerprint density at radius 2 is 2.03 bits per heavy atom. The molecular formula is C20H23N3O4S2. The number of piperidine rings is 1. The molecule has 2 N–H and O–H groups in total. The lowest BCUT2D eigenvalue weighted by atomic mass is 9.98. The summed E-state index contributed by atoms with van der Waals surface area (Å²) in [4.78, 5) is 25.1. The van der Waals surface area contributed by atoms with E-state index >= 15 is 0 Å². The summed E-state index contributed by atoms with van der Waals surface area (Å²) in [5, 5.41) is 7.21. The van der Waals surface area contributed by atoms with Crippen molar-refractivity contribution in [2.45, 2.75) is 17.1 Å². The number of anilines is 1. The van der Waals surface area contributed by atoms with Crippen LogP contribution in [0.5, 0.6) is 0 Å². The lowest BCUT2D eigenvalue weighted by Gasteiger charge is -2.30. The first kappa shape index (κ1) is 21.2. The van der Waals surface area contributed by atoms with Crippen molar-refractivity contribution in [1.29, 1.82) is 0 Å². The van der Waals surface area contributed by atoms with Crippen LogP contribution in [0.3, 0.4) is 0 Å². The molecule has 1 atom stereocenters. The minimum Gasteiger partial charge on any atom is -0.349 e. The number of amides is 2. The van der Waals surface area contributed by atoms with Crippen molar-refractivity contribution in [3.05, 3.63) is 60.0 Å². The molecule has 1 aromatic heterocycles. The molecule has 1 aliphatic heterocycles. The van der Waals surface area contributed by atoms with E-state index in [1.165, 1.54) is 15.6 Å². The Morgan fingerprint density at radius 3 is 2.76 bits per heavy atom. The maximum absolute atomic E-state index is 12.8. The summed E-state index contributed by atoms with van der Waals surface area (Å²) in [7, 11) is -3.59. The molecule has 0 spiro atoms. The van der Waals surface area contributed by atoms with Crippen molar-refractivity contribution in [2.75, 3.05) is 25.0 Å². The van der Waals surface area contributed by atoms with Gasteiger partial charge in [-0.3, -0.25) is 9.59 Å². The number of nitrogens with one attached hydrogen (secondary N) is 2. The summed E-state index contributed by atoms with van der Waals surface area (Å²) < 4.78 is 27.2. The van der Waals surface area contributed by atoms with Gasteiger partial charge >= 0.3 is 0 Å². The van der Waals surface area contributed by atoms with Crippen LogP contribution in [-0.4, -0.2) is 44.2 Å². The molecule has 2 heterocycles. The SMILES string of the molecule is C=CCNC(=O)c1ccccc1NC(=O)C1CCCN(S(=O)(=O)c2cccs2)C1. The standard InChI is InChI=1S/C20H23N3O4S2/c1-2-11-21-20(25)16-8-3-4-9-17(16)22-19(24)15-7-5-12-23(14-15)29(26,27)18-10-6-13-28-18/h2-4,6,8-10,13,15H,1,5,7,11-12,14H2,(H,21,25)(H,22,24). The van der Waals surface area contributed by atoms with Crippen molar-refractivity contribution in [2.24, 2.45) is 5.92 Å². The molecule has 0 saturated carbocycles. The second-order valence-corrected chi connectivity index (χ2v) is 9.78. The highest BCUT2D eigenvalue weighted by atomic mass is 32.2. The Morgan fingerprint density at radius 1 is 1.24 bits per heavy atom. The highest BCUT2D eigenvalue weighted by molar-refractivity contribution is 7.91. The summed E-state index contributed by atoms with van der Waals surface area (Å²) in [6, 6.07) is 10.00. The molecule has 29 heavy (non-hydrogen) atoms. The van der Waals surface area contributed by atoms with Crippen molar-refractivity contribution < 1.29 is 18.0 Å². The Hall–Kier alpha value is -2.49. The second kappa shape index (κ2) is 9.34. The van der Waals surface area contributed by atoms with Gasteiger partial charge in [0, 0.05) is 19.6 Å². The van der Waals surface area contributed by atoms with Gasteiger partial charge in [0.15, 0.2) is 0 Å². The molecule has 154 valence electrons. The van der Waals surface area contributed by atoms with E-state index in [0.29, 0.717) is 37.2 Å². The Labute approximate surface area is 174 Å². The molecule has 1 fully saturated rings. The van der Waals surface area contributed by atoms with Crippen LogP contribution in [0, 0.1) is 5.92 Å². The molecule has 9 heteroatoms. The molecule has 1 aliphatic rings. The summed E-state index contributed by atoms with van der Waals surface area (Å²) in [6.07, 6.45) is 2.76. The number of rotatable bonds is 7. The number of carbonyl (C=O) groups is 2. The molecular weight excluding hydrogens is 410 g/mol. The minimum absolute atomic E-state index is 0.122. The molecule has 3 rings (SSSR count). The zero-order valence-electron chi connectivity index (χ0n) is 15.8. The molecule has 7 nitrogen and oxygen atoms in total. The molecule has 0 aliphatic carbocycles. The lowest BCUT2D eigenvalue weighted by Crippen LogP contribution is -2.43. The quantitative estimate of drug-likeness (QED) is 0.657. The van der Waals surface area contributed by atoms with Crippen LogP contribution in [0.2, 0.25) is 0 Å². The van der Waals surface area contributed by atoms with Crippen LogP contribution in [0.15, 0.2) is 58.6 Å². The van der Waals surface area contributed by atoms with Crippen LogP contribution in [-0.2, 0) is 14.8 Å². The van der Waals surface area contributed by atoms with E-state index in [9.17, 15) is 18.0 Å². The molecule has 2 amide bonds. The van der Waals surface area contributed by atoms with Crippen molar-refractivity contribution in [3.63, 3.8) is 0 Å². The monoisotopic (exact) mass is 433 g/mol. The number of para-hydroxylation sites is 1. The minimum atomic E-state index is -3.59. The van der Waals surface area contributed by atoms with Crippen LogP contribution in [0.4, 0.5) is 5.69 Å². The van der Waals surface area contributed by atoms with Gasteiger partial charge in [-0.05, 0) is 36.4 Å². The Kier molecular flexibility index (Phi) is 6.83. The zero-order valence-corrected chi connectivity index (χ0v) is 17.5. The van der Waals surface area contributed by atoms with Crippen LogP contribution < -0.4 is 10.6 Å². The van der Waals surface area contributed by atoms with E-state index in [4.69, 9.17) is 0 Å². The van der Waals surface area contributed by atoms with Gasteiger partial charge in [0.05, 0.1) is 17.2 Å². The first-order chi connectivity index (χ1) is 13.9. The topological polar surface area (TPSA) is 95.6 Å². The summed E-state index contributed by atoms with van der Waals surface area (Å²) in [6.45, 7) is 4.40. The number of sulfonamides is 1. The number of thiophene rings is 1. The summed E-state index contributed by atoms with van der Waals surface area (Å²) >= 11 is 1.17. The normalized spacial score (nSPS) is 17.4. The van der Waals surface area contributed by atoms with Crippen molar-refractivity contribution in [3.8, 4) is 0 Å². The van der Waals surface area contributed by atoms with E-state index in [1.807, 2.05) is 0 Å². The van der Waals surface area contributed by atoms with Gasteiger partial charge in [0.25, 0.3) is 15.9 Å². The van der Waals surface area contributed by atoms with Gasteiger partial charge in [0.2, 0.25) is 5.91 Å². The number of carbonyl (C=O) groups excluding carboxylic acids is 2. The number of nitrogens with zero attached hydrogens (tertiary/aromatic N) is 1. The summed E-state index contributed by atoms with van der Waals surface area (Å²) in [5.41, 5.74) is 0.749. The fourth-order valence-corrected chi connectivity index (χ4v) is 5.87. The summed E-state index contributed by atoms with van der Waals surface area (Å²) in [5.74, 6) is -1.09. The Balaban J connectivity index is 1.72. The highest BCUT2D eigenvalue weighted by Crippen LogP contribution is 2.27. The second-order valence-electron chi connectivity index (χ2n) is 6.67. The van der Waals surface area contributed by atoms with Gasteiger partial charge in [-0.2, -0.15) is 4.31 Å². The van der Waals surface area contributed by atoms with E-state index in [1.54, 1.807) is 47.9 Å². The fourth-order valence-electron chi connectivity index (χ4n) is 3.20. The Bertz CT molecular complexity index is 987. The van der Waals surface area contributed by atoms with Crippen LogP contribution >= 0.6 is 11.3 Å². The van der Waals surface area contributed by atoms with E-state index in [0.717, 1.165) is 0 Å². The van der Waals surface area contributed by atoms with Gasteiger partial charge in [-0.1, -0.05) is 24.3 Å². The molecule has 0 bridgehead atoms. The number of benzene rings is 1. The smallest absolute Gasteiger partial charge is 0.253 e. The number of hydrogen-bond donors (Lipinski definition) is 2.